The third kappa shape index (κ3) is 5.52. The largest absolute Gasteiger partial charge is 0.457 e. The molecule has 0 saturated carbocycles. The molecular formula is C20H23N3O4. The molecule has 2 amide bonds. The monoisotopic (exact) mass is 369 g/mol. The maximum absolute atomic E-state index is 12.3. The summed E-state index contributed by atoms with van der Waals surface area (Å²) in [6, 6.07) is 9.94. The number of ether oxygens (including phenoxy) is 2. The lowest BCUT2D eigenvalue weighted by Gasteiger charge is -2.23. The van der Waals surface area contributed by atoms with Crippen LogP contribution in [0.1, 0.15) is 19.8 Å². The van der Waals surface area contributed by atoms with Crippen LogP contribution in [0.15, 0.2) is 48.8 Å². The van der Waals surface area contributed by atoms with Gasteiger partial charge in [-0.25, -0.2) is 0 Å². The third-order valence-electron chi connectivity index (χ3n) is 4.35. The Morgan fingerprint density at radius 2 is 1.70 bits per heavy atom. The minimum absolute atomic E-state index is 0.0846. The summed E-state index contributed by atoms with van der Waals surface area (Å²) in [4.78, 5) is 28.5. The van der Waals surface area contributed by atoms with Gasteiger partial charge in [-0.1, -0.05) is 0 Å². The summed E-state index contributed by atoms with van der Waals surface area (Å²) in [5, 5.41) is 5.57. The Bertz CT molecular complexity index is 759. The van der Waals surface area contributed by atoms with E-state index in [0.29, 0.717) is 43.2 Å². The van der Waals surface area contributed by atoms with Crippen LogP contribution in [-0.4, -0.2) is 36.1 Å². The van der Waals surface area contributed by atoms with Gasteiger partial charge in [-0.3, -0.25) is 14.6 Å². The van der Waals surface area contributed by atoms with Crippen molar-refractivity contribution in [3.05, 3.63) is 48.8 Å². The van der Waals surface area contributed by atoms with E-state index in [1.165, 1.54) is 0 Å². The number of pyridine rings is 1. The number of amides is 2. The van der Waals surface area contributed by atoms with E-state index >= 15 is 0 Å². The van der Waals surface area contributed by atoms with Gasteiger partial charge in [0.1, 0.15) is 17.5 Å². The van der Waals surface area contributed by atoms with Gasteiger partial charge in [-0.05, 0) is 56.2 Å². The van der Waals surface area contributed by atoms with Gasteiger partial charge in [0.25, 0.3) is 0 Å². The first-order valence-corrected chi connectivity index (χ1v) is 8.99. The SMILES string of the molecule is C[C@@H](NC(=O)C1CCOCC1)C(=O)Nc1ccc(Oc2ccncc2)cc1. The highest BCUT2D eigenvalue weighted by atomic mass is 16.5. The van der Waals surface area contributed by atoms with E-state index < -0.39 is 6.04 Å². The number of benzene rings is 1. The van der Waals surface area contributed by atoms with E-state index in [4.69, 9.17) is 9.47 Å². The zero-order valence-electron chi connectivity index (χ0n) is 15.2. The van der Waals surface area contributed by atoms with Gasteiger partial charge in [0.05, 0.1) is 0 Å². The fourth-order valence-corrected chi connectivity index (χ4v) is 2.76. The predicted molar refractivity (Wildman–Crippen MR) is 101 cm³/mol. The Labute approximate surface area is 158 Å². The molecule has 1 saturated heterocycles. The van der Waals surface area contributed by atoms with Crippen LogP contribution >= 0.6 is 0 Å². The van der Waals surface area contributed by atoms with Gasteiger partial charge in [-0.2, -0.15) is 0 Å². The molecule has 0 aliphatic carbocycles. The van der Waals surface area contributed by atoms with Crippen molar-refractivity contribution in [1.82, 2.24) is 10.3 Å². The third-order valence-corrected chi connectivity index (χ3v) is 4.35. The molecule has 0 spiro atoms. The summed E-state index contributed by atoms with van der Waals surface area (Å²) in [6.45, 7) is 2.85. The van der Waals surface area contributed by atoms with Crippen molar-refractivity contribution in [3.8, 4) is 11.5 Å². The molecule has 2 heterocycles. The molecular weight excluding hydrogens is 346 g/mol. The van der Waals surface area contributed by atoms with Crippen LogP contribution in [0.3, 0.4) is 0 Å². The van der Waals surface area contributed by atoms with Gasteiger partial charge < -0.3 is 20.1 Å². The van der Waals surface area contributed by atoms with E-state index in [1.54, 1.807) is 55.7 Å². The fourth-order valence-electron chi connectivity index (χ4n) is 2.76. The van der Waals surface area contributed by atoms with Crippen molar-refractivity contribution in [2.45, 2.75) is 25.8 Å². The molecule has 27 heavy (non-hydrogen) atoms. The maximum Gasteiger partial charge on any atom is 0.246 e. The molecule has 2 aromatic rings. The molecule has 7 heteroatoms. The summed E-state index contributed by atoms with van der Waals surface area (Å²) in [6.07, 6.45) is 4.69. The van der Waals surface area contributed by atoms with Crippen LogP contribution in [-0.2, 0) is 14.3 Å². The lowest BCUT2D eigenvalue weighted by molar-refractivity contribution is -0.131. The normalized spacial score (nSPS) is 15.6. The number of carbonyl (C=O) groups excluding carboxylic acids is 2. The van der Waals surface area contributed by atoms with Crippen molar-refractivity contribution in [3.63, 3.8) is 0 Å². The predicted octanol–water partition coefficient (Wildman–Crippen LogP) is 2.74. The summed E-state index contributed by atoms with van der Waals surface area (Å²) in [5.74, 6) is 0.894. The van der Waals surface area contributed by atoms with Gasteiger partial charge in [0.15, 0.2) is 0 Å². The zero-order chi connectivity index (χ0) is 19.1. The molecule has 3 rings (SSSR count). The lowest BCUT2D eigenvalue weighted by atomic mass is 9.99. The average molecular weight is 369 g/mol. The van der Waals surface area contributed by atoms with E-state index in [1.807, 2.05) is 0 Å². The highest BCUT2D eigenvalue weighted by Gasteiger charge is 2.24. The second-order valence-electron chi connectivity index (χ2n) is 6.42. The molecule has 142 valence electrons. The van der Waals surface area contributed by atoms with Crippen molar-refractivity contribution >= 4 is 17.5 Å². The van der Waals surface area contributed by atoms with E-state index in [-0.39, 0.29) is 17.7 Å². The number of carbonyl (C=O) groups is 2. The number of rotatable bonds is 6. The first kappa shape index (κ1) is 18.8. The quantitative estimate of drug-likeness (QED) is 0.817. The molecule has 1 aliphatic heterocycles. The molecule has 0 bridgehead atoms. The van der Waals surface area contributed by atoms with Crippen molar-refractivity contribution in [2.75, 3.05) is 18.5 Å². The summed E-state index contributed by atoms with van der Waals surface area (Å²) >= 11 is 0. The summed E-state index contributed by atoms with van der Waals surface area (Å²) in [7, 11) is 0. The second-order valence-corrected chi connectivity index (χ2v) is 6.42. The minimum Gasteiger partial charge on any atom is -0.457 e. The van der Waals surface area contributed by atoms with Crippen LogP contribution in [0.25, 0.3) is 0 Å². The molecule has 0 unspecified atom stereocenters. The topological polar surface area (TPSA) is 89.5 Å². The van der Waals surface area contributed by atoms with Crippen LogP contribution in [0.2, 0.25) is 0 Å². The molecule has 1 aromatic carbocycles. The van der Waals surface area contributed by atoms with Crippen molar-refractivity contribution in [2.24, 2.45) is 5.92 Å². The van der Waals surface area contributed by atoms with Gasteiger partial charge in [0, 0.05) is 37.2 Å². The van der Waals surface area contributed by atoms with Crippen molar-refractivity contribution in [1.29, 1.82) is 0 Å². The number of hydrogen-bond donors (Lipinski definition) is 2. The average Bonchev–Trinajstić information content (AvgIpc) is 2.71. The Kier molecular flexibility index (Phi) is 6.38. The number of anilines is 1. The first-order valence-electron chi connectivity index (χ1n) is 8.99. The molecule has 2 N–H and O–H groups in total. The molecule has 7 nitrogen and oxygen atoms in total. The smallest absolute Gasteiger partial charge is 0.246 e. The van der Waals surface area contributed by atoms with Gasteiger partial charge in [-0.15, -0.1) is 0 Å². The first-order chi connectivity index (χ1) is 13.1. The van der Waals surface area contributed by atoms with Gasteiger partial charge >= 0.3 is 0 Å². The molecule has 1 aromatic heterocycles. The summed E-state index contributed by atoms with van der Waals surface area (Å²) < 4.78 is 10.9. The molecule has 0 radical (unpaired) electrons. The van der Waals surface area contributed by atoms with Crippen LogP contribution in [0.5, 0.6) is 11.5 Å². The summed E-state index contributed by atoms with van der Waals surface area (Å²) in [5.41, 5.74) is 0.634. The second kappa shape index (κ2) is 9.14. The van der Waals surface area contributed by atoms with Crippen LogP contribution in [0.4, 0.5) is 5.69 Å². The number of nitrogens with one attached hydrogen (secondary N) is 2. The maximum atomic E-state index is 12.3. The highest BCUT2D eigenvalue weighted by molar-refractivity contribution is 5.97. The Morgan fingerprint density at radius 1 is 1.07 bits per heavy atom. The van der Waals surface area contributed by atoms with Crippen LogP contribution < -0.4 is 15.4 Å². The molecule has 1 aliphatic rings. The minimum atomic E-state index is -0.618. The standard InChI is InChI=1S/C20H23N3O4/c1-14(22-20(25)15-8-12-26-13-9-15)19(24)23-16-2-4-17(5-3-16)27-18-6-10-21-11-7-18/h2-7,10-11,14-15H,8-9,12-13H2,1H3,(H,22,25)(H,23,24)/t14-/m1/s1. The molecule has 1 fully saturated rings. The zero-order valence-corrected chi connectivity index (χ0v) is 15.2. The van der Waals surface area contributed by atoms with Crippen molar-refractivity contribution < 1.29 is 19.1 Å². The fraction of sp³-hybridized carbons (Fsp3) is 0.350. The van der Waals surface area contributed by atoms with Gasteiger partial charge in [0.2, 0.25) is 11.8 Å². The lowest BCUT2D eigenvalue weighted by Crippen LogP contribution is -2.45. The van der Waals surface area contributed by atoms with Crippen LogP contribution in [0, 0.1) is 5.92 Å². The Hall–Kier alpha value is -2.93. The van der Waals surface area contributed by atoms with E-state index in [9.17, 15) is 9.59 Å². The Morgan fingerprint density at radius 3 is 2.37 bits per heavy atom. The molecule has 1 atom stereocenters. The number of aromatic nitrogens is 1. The number of hydrogen-bond acceptors (Lipinski definition) is 5. The van der Waals surface area contributed by atoms with E-state index in [2.05, 4.69) is 15.6 Å². The van der Waals surface area contributed by atoms with E-state index in [0.717, 1.165) is 0 Å². The highest BCUT2D eigenvalue weighted by Crippen LogP contribution is 2.22. The Balaban J connectivity index is 1.50. The number of nitrogens with zero attached hydrogens (tertiary/aromatic N) is 1.